The van der Waals surface area contributed by atoms with Crippen LogP contribution in [0.2, 0.25) is 0 Å². The zero-order valence-electron chi connectivity index (χ0n) is 10.6. The van der Waals surface area contributed by atoms with Crippen LogP contribution >= 0.6 is 15.9 Å². The topological polar surface area (TPSA) is 64.6 Å². The van der Waals surface area contributed by atoms with Crippen molar-refractivity contribution in [2.45, 2.75) is 13.0 Å². The Morgan fingerprint density at radius 1 is 1.32 bits per heavy atom. The molecule has 0 saturated carbocycles. The minimum absolute atomic E-state index is 0.387. The van der Waals surface area contributed by atoms with E-state index in [2.05, 4.69) is 32.6 Å². The molecular formula is C13H14BrNO4. The van der Waals surface area contributed by atoms with Gasteiger partial charge < -0.3 is 9.47 Å². The number of rotatable bonds is 4. The summed E-state index contributed by atoms with van der Waals surface area (Å²) in [5.41, 5.74) is 0.941. The first-order valence-electron chi connectivity index (χ1n) is 5.40. The van der Waals surface area contributed by atoms with Crippen molar-refractivity contribution in [3.63, 3.8) is 0 Å². The summed E-state index contributed by atoms with van der Waals surface area (Å²) in [6.07, 6.45) is -1.86. The zero-order chi connectivity index (χ0) is 14.4. The van der Waals surface area contributed by atoms with Crippen molar-refractivity contribution in [1.82, 2.24) is 0 Å². The molecule has 0 aliphatic rings. The van der Waals surface area contributed by atoms with Crippen LogP contribution in [0, 0.1) is 0 Å². The summed E-state index contributed by atoms with van der Waals surface area (Å²) in [7, 11) is 1.22. The summed E-state index contributed by atoms with van der Waals surface area (Å²) < 4.78 is 10.4. The Kier molecular flexibility index (Phi) is 5.57. The lowest BCUT2D eigenvalue weighted by Crippen LogP contribution is -2.31. The Bertz CT molecular complexity index is 484. The normalized spacial score (nSPS) is 11.3. The second kappa shape index (κ2) is 6.94. The minimum Gasteiger partial charge on any atom is -0.466 e. The van der Waals surface area contributed by atoms with Crippen molar-refractivity contribution in [3.8, 4) is 0 Å². The zero-order valence-corrected chi connectivity index (χ0v) is 12.2. The van der Waals surface area contributed by atoms with Gasteiger partial charge in [-0.1, -0.05) is 22.5 Å². The highest BCUT2D eigenvalue weighted by molar-refractivity contribution is 9.10. The van der Waals surface area contributed by atoms with E-state index >= 15 is 0 Å². The molecule has 1 aromatic carbocycles. The molecule has 0 bridgehead atoms. The average molecular weight is 328 g/mol. The quantitative estimate of drug-likeness (QED) is 0.681. The van der Waals surface area contributed by atoms with Crippen molar-refractivity contribution < 1.29 is 19.1 Å². The van der Waals surface area contributed by atoms with Gasteiger partial charge in [0.05, 0.1) is 7.11 Å². The van der Waals surface area contributed by atoms with Crippen LogP contribution in [-0.2, 0) is 14.3 Å². The van der Waals surface area contributed by atoms with Gasteiger partial charge in [-0.05, 0) is 36.8 Å². The van der Waals surface area contributed by atoms with Crippen LogP contribution < -0.4 is 5.32 Å². The van der Waals surface area contributed by atoms with Gasteiger partial charge >= 0.3 is 12.1 Å². The number of carbonyl (C=O) groups is 2. The van der Waals surface area contributed by atoms with E-state index in [1.54, 1.807) is 31.2 Å². The van der Waals surface area contributed by atoms with E-state index in [1.807, 2.05) is 0 Å². The Morgan fingerprint density at radius 3 is 2.37 bits per heavy atom. The number of ether oxygens (including phenoxy) is 2. The van der Waals surface area contributed by atoms with Gasteiger partial charge in [0.15, 0.2) is 0 Å². The van der Waals surface area contributed by atoms with E-state index in [-0.39, 0.29) is 0 Å². The summed E-state index contributed by atoms with van der Waals surface area (Å²) in [4.78, 5) is 23.0. The largest absolute Gasteiger partial charge is 0.466 e. The minimum atomic E-state index is -1.11. The first kappa shape index (κ1) is 15.2. The molecule has 0 fully saturated rings. The lowest BCUT2D eigenvalue weighted by atomic mass is 10.2. The number of amides is 1. The van der Waals surface area contributed by atoms with Crippen LogP contribution in [0.4, 0.5) is 10.5 Å². The van der Waals surface area contributed by atoms with E-state index in [9.17, 15) is 9.59 Å². The summed E-state index contributed by atoms with van der Waals surface area (Å²) in [5.74, 6) is -0.668. The second-order valence-electron chi connectivity index (χ2n) is 3.79. The molecule has 1 rings (SSSR count). The molecule has 19 heavy (non-hydrogen) atoms. The lowest BCUT2D eigenvalue weighted by Gasteiger charge is -2.15. The van der Waals surface area contributed by atoms with E-state index < -0.39 is 18.2 Å². The number of anilines is 1. The molecule has 0 aliphatic heterocycles. The van der Waals surface area contributed by atoms with Crippen LogP contribution in [0.5, 0.6) is 0 Å². The van der Waals surface area contributed by atoms with Gasteiger partial charge in [0.1, 0.15) is 0 Å². The highest BCUT2D eigenvalue weighted by Crippen LogP contribution is 2.15. The molecule has 1 aromatic rings. The maximum atomic E-state index is 11.6. The van der Waals surface area contributed by atoms with Crippen molar-refractivity contribution in [2.75, 3.05) is 12.4 Å². The molecule has 0 radical (unpaired) electrons. The summed E-state index contributed by atoms with van der Waals surface area (Å²) in [6.45, 7) is 5.16. The van der Waals surface area contributed by atoms with E-state index in [0.717, 1.165) is 4.47 Å². The van der Waals surface area contributed by atoms with Gasteiger partial charge in [-0.15, -0.1) is 0 Å². The Labute approximate surface area is 119 Å². The molecule has 1 amide bonds. The third kappa shape index (κ3) is 4.75. The molecule has 0 spiro atoms. The predicted octanol–water partition coefficient (Wildman–Crippen LogP) is 3.12. The van der Waals surface area contributed by atoms with Gasteiger partial charge in [-0.3, -0.25) is 5.32 Å². The van der Waals surface area contributed by atoms with Crippen LogP contribution in [0.3, 0.4) is 0 Å². The van der Waals surface area contributed by atoms with Crippen molar-refractivity contribution in [3.05, 3.63) is 40.9 Å². The molecule has 6 heteroatoms. The van der Waals surface area contributed by atoms with Crippen LogP contribution in [0.15, 0.2) is 40.9 Å². The van der Waals surface area contributed by atoms with Crippen LogP contribution in [0.25, 0.3) is 0 Å². The fourth-order valence-corrected chi connectivity index (χ4v) is 1.51. The van der Waals surface area contributed by atoms with Crippen molar-refractivity contribution >= 4 is 33.7 Å². The Hall–Kier alpha value is -1.82. The fraction of sp³-hybridized carbons (Fsp3) is 0.231. The lowest BCUT2D eigenvalue weighted by molar-refractivity contribution is -0.148. The molecule has 5 nitrogen and oxygen atoms in total. The van der Waals surface area contributed by atoms with Crippen LogP contribution in [-0.4, -0.2) is 25.3 Å². The van der Waals surface area contributed by atoms with E-state index in [0.29, 0.717) is 11.3 Å². The summed E-state index contributed by atoms with van der Waals surface area (Å²) in [6, 6.07) is 6.93. The number of methoxy groups -OCH3 is 1. The van der Waals surface area contributed by atoms with Gasteiger partial charge in [0.2, 0.25) is 6.10 Å². The van der Waals surface area contributed by atoms with Gasteiger partial charge in [0.25, 0.3) is 0 Å². The molecule has 1 N–H and O–H groups in total. The number of halogens is 1. The number of carbonyl (C=O) groups excluding carboxylic acids is 2. The third-order valence-electron chi connectivity index (χ3n) is 2.18. The molecule has 0 saturated heterocycles. The van der Waals surface area contributed by atoms with Gasteiger partial charge in [-0.2, -0.15) is 0 Å². The third-order valence-corrected chi connectivity index (χ3v) is 2.71. The standard InChI is InChI=1S/C13H14BrNO4/c1-8(2)11(12(16)18-3)19-13(17)15-10-6-4-9(14)5-7-10/h4-7,11H,1H2,2-3H3,(H,15,17). The first-order valence-corrected chi connectivity index (χ1v) is 6.19. The van der Waals surface area contributed by atoms with Gasteiger partial charge in [0, 0.05) is 10.2 Å². The van der Waals surface area contributed by atoms with Crippen molar-refractivity contribution in [2.24, 2.45) is 0 Å². The number of benzene rings is 1. The molecular weight excluding hydrogens is 314 g/mol. The van der Waals surface area contributed by atoms with Crippen LogP contribution in [0.1, 0.15) is 6.92 Å². The number of hydrogen-bond acceptors (Lipinski definition) is 4. The first-order chi connectivity index (χ1) is 8.93. The smallest absolute Gasteiger partial charge is 0.412 e. The highest BCUT2D eigenvalue weighted by atomic mass is 79.9. The predicted molar refractivity (Wildman–Crippen MR) is 74.9 cm³/mol. The number of nitrogens with one attached hydrogen (secondary N) is 1. The van der Waals surface area contributed by atoms with Crippen molar-refractivity contribution in [1.29, 1.82) is 0 Å². The fourth-order valence-electron chi connectivity index (χ4n) is 1.24. The molecule has 0 aliphatic carbocycles. The average Bonchev–Trinajstić information content (AvgIpc) is 2.37. The summed E-state index contributed by atoms with van der Waals surface area (Å²) >= 11 is 3.28. The molecule has 1 atom stereocenters. The highest BCUT2D eigenvalue weighted by Gasteiger charge is 2.24. The summed E-state index contributed by atoms with van der Waals surface area (Å²) in [5, 5.41) is 2.50. The number of hydrogen-bond donors (Lipinski definition) is 1. The Balaban J connectivity index is 2.65. The van der Waals surface area contributed by atoms with E-state index in [4.69, 9.17) is 4.74 Å². The Morgan fingerprint density at radius 2 is 1.89 bits per heavy atom. The number of esters is 1. The second-order valence-corrected chi connectivity index (χ2v) is 4.70. The molecule has 102 valence electrons. The van der Waals surface area contributed by atoms with Gasteiger partial charge in [-0.25, -0.2) is 9.59 Å². The maximum Gasteiger partial charge on any atom is 0.412 e. The molecule has 1 unspecified atom stereocenters. The molecule has 0 aromatic heterocycles. The molecule has 0 heterocycles. The van der Waals surface area contributed by atoms with E-state index in [1.165, 1.54) is 7.11 Å². The maximum absolute atomic E-state index is 11.6. The monoisotopic (exact) mass is 327 g/mol. The SMILES string of the molecule is C=C(C)C(OC(=O)Nc1ccc(Br)cc1)C(=O)OC.